The van der Waals surface area contributed by atoms with Gasteiger partial charge in [0.1, 0.15) is 16.9 Å². The minimum Gasteiger partial charge on any atom is -0.497 e. The van der Waals surface area contributed by atoms with E-state index in [9.17, 15) is 9.59 Å². The Morgan fingerprint density at radius 1 is 1.00 bits per heavy atom. The molecule has 3 aromatic carbocycles. The average Bonchev–Trinajstić information content (AvgIpc) is 2.78. The first-order valence-corrected chi connectivity index (χ1v) is 9.57. The minimum atomic E-state index is -0.114. The molecule has 0 saturated carbocycles. The number of hydrogen-bond acceptors (Lipinski definition) is 4. The highest BCUT2D eigenvalue weighted by molar-refractivity contribution is 5.92. The number of fused-ring (bicyclic) bond motifs is 2. The molecule has 1 heterocycles. The van der Waals surface area contributed by atoms with Crippen LogP contribution in [0.5, 0.6) is 5.75 Å². The summed E-state index contributed by atoms with van der Waals surface area (Å²) in [5.74, 6) is 0.516. The Labute approximate surface area is 173 Å². The second kappa shape index (κ2) is 8.25. The standard InChI is InChI=1S/C25H21NO4/c1-26(24(27)13-9-17-6-4-3-5-7-17)16-18-8-12-22-21(14-18)25(28)20-11-10-19(29-2)15-23(20)30-22/h3-15H,16H2,1-2H3/b13-9+. The van der Waals surface area contributed by atoms with E-state index < -0.39 is 0 Å². The topological polar surface area (TPSA) is 59.8 Å². The summed E-state index contributed by atoms with van der Waals surface area (Å²) in [5, 5.41) is 0.988. The Kier molecular flexibility index (Phi) is 5.35. The van der Waals surface area contributed by atoms with Gasteiger partial charge in [-0.2, -0.15) is 0 Å². The predicted octanol–water partition coefficient (Wildman–Crippen LogP) is 4.63. The van der Waals surface area contributed by atoms with E-state index in [0.29, 0.717) is 34.2 Å². The molecule has 1 amide bonds. The molecule has 0 N–H and O–H groups in total. The lowest BCUT2D eigenvalue weighted by atomic mass is 10.1. The minimum absolute atomic E-state index is 0.103. The molecule has 5 nitrogen and oxygen atoms in total. The number of rotatable bonds is 5. The molecule has 0 unspecified atom stereocenters. The van der Waals surface area contributed by atoms with E-state index in [2.05, 4.69) is 0 Å². The second-order valence-corrected chi connectivity index (χ2v) is 7.06. The fourth-order valence-electron chi connectivity index (χ4n) is 3.32. The van der Waals surface area contributed by atoms with Gasteiger partial charge in [0.15, 0.2) is 0 Å². The highest BCUT2D eigenvalue weighted by Crippen LogP contribution is 2.23. The predicted molar refractivity (Wildman–Crippen MR) is 118 cm³/mol. The van der Waals surface area contributed by atoms with Crippen LogP contribution in [0.25, 0.3) is 28.0 Å². The quantitative estimate of drug-likeness (QED) is 0.363. The second-order valence-electron chi connectivity index (χ2n) is 7.06. The Morgan fingerprint density at radius 2 is 1.80 bits per heavy atom. The van der Waals surface area contributed by atoms with Gasteiger partial charge in [0.05, 0.1) is 17.9 Å². The van der Waals surface area contributed by atoms with Crippen LogP contribution in [0, 0.1) is 0 Å². The normalized spacial score (nSPS) is 11.3. The van der Waals surface area contributed by atoms with Gasteiger partial charge < -0.3 is 14.1 Å². The first-order chi connectivity index (χ1) is 14.5. The van der Waals surface area contributed by atoms with Crippen molar-refractivity contribution >= 4 is 33.9 Å². The van der Waals surface area contributed by atoms with Gasteiger partial charge in [-0.05, 0) is 41.5 Å². The smallest absolute Gasteiger partial charge is 0.246 e. The van der Waals surface area contributed by atoms with E-state index in [4.69, 9.17) is 9.15 Å². The Bertz CT molecular complexity index is 1310. The van der Waals surface area contributed by atoms with Crippen LogP contribution < -0.4 is 10.2 Å². The lowest BCUT2D eigenvalue weighted by Crippen LogP contribution is -2.24. The van der Waals surface area contributed by atoms with Crippen LogP contribution in [0.2, 0.25) is 0 Å². The molecule has 0 atom stereocenters. The SMILES string of the molecule is COc1ccc2c(=O)c3cc(CN(C)C(=O)/C=C/c4ccccc4)ccc3oc2c1. The maximum atomic E-state index is 12.9. The number of benzene rings is 3. The monoisotopic (exact) mass is 399 g/mol. The maximum Gasteiger partial charge on any atom is 0.246 e. The van der Waals surface area contributed by atoms with Gasteiger partial charge in [0.25, 0.3) is 0 Å². The first kappa shape index (κ1) is 19.5. The number of amides is 1. The van der Waals surface area contributed by atoms with E-state index in [1.165, 1.54) is 0 Å². The molecule has 0 fully saturated rings. The highest BCUT2D eigenvalue weighted by atomic mass is 16.5. The van der Waals surface area contributed by atoms with Crippen LogP contribution in [-0.4, -0.2) is 25.0 Å². The molecule has 0 radical (unpaired) electrons. The Balaban J connectivity index is 1.59. The summed E-state index contributed by atoms with van der Waals surface area (Å²) >= 11 is 0. The summed E-state index contributed by atoms with van der Waals surface area (Å²) < 4.78 is 11.1. The van der Waals surface area contributed by atoms with E-state index in [1.54, 1.807) is 61.5 Å². The Morgan fingerprint density at radius 3 is 2.57 bits per heavy atom. The third kappa shape index (κ3) is 3.96. The van der Waals surface area contributed by atoms with Crippen molar-refractivity contribution < 1.29 is 13.9 Å². The molecule has 5 heteroatoms. The molecular weight excluding hydrogens is 378 g/mol. The first-order valence-electron chi connectivity index (χ1n) is 9.57. The molecule has 1 aromatic heterocycles. The van der Waals surface area contributed by atoms with Crippen LogP contribution in [0.15, 0.2) is 82.0 Å². The van der Waals surface area contributed by atoms with Crippen LogP contribution in [0.4, 0.5) is 0 Å². The molecule has 0 aliphatic heterocycles. The van der Waals surface area contributed by atoms with Crippen molar-refractivity contribution in [3.8, 4) is 5.75 Å². The molecular formula is C25H21NO4. The van der Waals surface area contributed by atoms with Crippen molar-refractivity contribution in [2.75, 3.05) is 14.2 Å². The van der Waals surface area contributed by atoms with Crippen LogP contribution in [0.3, 0.4) is 0 Å². The van der Waals surface area contributed by atoms with Crippen LogP contribution in [0.1, 0.15) is 11.1 Å². The van der Waals surface area contributed by atoms with Crippen molar-refractivity contribution in [1.82, 2.24) is 4.90 Å². The maximum absolute atomic E-state index is 12.9. The molecule has 4 rings (SSSR count). The molecule has 30 heavy (non-hydrogen) atoms. The zero-order valence-electron chi connectivity index (χ0n) is 16.8. The summed E-state index contributed by atoms with van der Waals surface area (Å²) in [5.41, 5.74) is 2.70. The summed E-state index contributed by atoms with van der Waals surface area (Å²) in [4.78, 5) is 27.0. The van der Waals surface area contributed by atoms with Gasteiger partial charge in [-0.1, -0.05) is 36.4 Å². The number of methoxy groups -OCH3 is 1. The number of carbonyl (C=O) groups excluding carboxylic acids is 1. The molecule has 4 aromatic rings. The summed E-state index contributed by atoms with van der Waals surface area (Å²) in [6.45, 7) is 0.383. The number of nitrogens with zero attached hydrogens (tertiary/aromatic N) is 1. The molecule has 0 spiro atoms. The average molecular weight is 399 g/mol. The lowest BCUT2D eigenvalue weighted by molar-refractivity contribution is -0.125. The zero-order valence-corrected chi connectivity index (χ0v) is 16.8. The summed E-state index contributed by atoms with van der Waals surface area (Å²) in [6, 6.07) is 20.2. The molecule has 0 aliphatic carbocycles. The zero-order chi connectivity index (χ0) is 21.1. The van der Waals surface area contributed by atoms with Gasteiger partial charge in [-0.3, -0.25) is 9.59 Å². The summed E-state index contributed by atoms with van der Waals surface area (Å²) in [6.07, 6.45) is 3.33. The third-order valence-electron chi connectivity index (χ3n) is 4.96. The van der Waals surface area contributed by atoms with Crippen molar-refractivity contribution in [3.63, 3.8) is 0 Å². The highest BCUT2D eigenvalue weighted by Gasteiger charge is 2.11. The van der Waals surface area contributed by atoms with Crippen molar-refractivity contribution in [1.29, 1.82) is 0 Å². The van der Waals surface area contributed by atoms with E-state index in [1.807, 2.05) is 36.4 Å². The van der Waals surface area contributed by atoms with Gasteiger partial charge in [-0.25, -0.2) is 0 Å². The van der Waals surface area contributed by atoms with Crippen molar-refractivity contribution in [3.05, 3.63) is 94.2 Å². The Hall–Kier alpha value is -3.86. The number of carbonyl (C=O) groups is 1. The summed E-state index contributed by atoms with van der Waals surface area (Å²) in [7, 11) is 3.30. The van der Waals surface area contributed by atoms with Crippen LogP contribution in [-0.2, 0) is 11.3 Å². The molecule has 0 bridgehead atoms. The molecule has 0 saturated heterocycles. The van der Waals surface area contributed by atoms with Crippen molar-refractivity contribution in [2.24, 2.45) is 0 Å². The van der Waals surface area contributed by atoms with Gasteiger partial charge in [0, 0.05) is 25.7 Å². The van der Waals surface area contributed by atoms with E-state index in [-0.39, 0.29) is 11.3 Å². The van der Waals surface area contributed by atoms with E-state index >= 15 is 0 Å². The number of ether oxygens (including phenoxy) is 1. The molecule has 150 valence electrons. The van der Waals surface area contributed by atoms with Crippen LogP contribution >= 0.6 is 0 Å². The molecule has 0 aliphatic rings. The van der Waals surface area contributed by atoms with Gasteiger partial charge in [0.2, 0.25) is 11.3 Å². The number of hydrogen-bond donors (Lipinski definition) is 0. The van der Waals surface area contributed by atoms with Crippen molar-refractivity contribution in [2.45, 2.75) is 6.54 Å². The van der Waals surface area contributed by atoms with Gasteiger partial charge in [-0.15, -0.1) is 0 Å². The van der Waals surface area contributed by atoms with Gasteiger partial charge >= 0.3 is 0 Å². The van der Waals surface area contributed by atoms with E-state index in [0.717, 1.165) is 11.1 Å². The third-order valence-corrected chi connectivity index (χ3v) is 4.96. The fourth-order valence-corrected chi connectivity index (χ4v) is 3.32. The fraction of sp³-hybridized carbons (Fsp3) is 0.120. The largest absolute Gasteiger partial charge is 0.497 e. The lowest BCUT2D eigenvalue weighted by Gasteiger charge is -2.15. The number of likely N-dealkylation sites (N-methyl/N-ethyl adjacent to an activating group) is 1.